The van der Waals surface area contributed by atoms with Crippen LogP contribution in [0.5, 0.6) is 0 Å². The van der Waals surface area contributed by atoms with Crippen LogP contribution in [0.1, 0.15) is 41.5 Å². The summed E-state index contributed by atoms with van der Waals surface area (Å²) in [4.78, 5) is 53.3. The van der Waals surface area contributed by atoms with E-state index in [4.69, 9.17) is 9.57 Å². The van der Waals surface area contributed by atoms with Crippen molar-refractivity contribution in [2.24, 2.45) is 0 Å². The second-order valence-corrected chi connectivity index (χ2v) is 6.96. The van der Waals surface area contributed by atoms with Gasteiger partial charge in [-0.15, -0.1) is 5.06 Å². The van der Waals surface area contributed by atoms with E-state index in [2.05, 4.69) is 0 Å². The molecule has 1 aromatic carbocycles. The molecule has 0 saturated carbocycles. The summed E-state index contributed by atoms with van der Waals surface area (Å²) in [6, 6.07) is 3.12. The highest BCUT2D eigenvalue weighted by Crippen LogP contribution is 2.14. The van der Waals surface area contributed by atoms with E-state index in [-0.39, 0.29) is 31.7 Å². The third-order valence-corrected chi connectivity index (χ3v) is 3.66. The Balaban J connectivity index is 1.91. The van der Waals surface area contributed by atoms with Crippen LogP contribution in [0.4, 0.5) is 9.18 Å². The fraction of sp³-hybridized carbons (Fsp3) is 0.444. The van der Waals surface area contributed by atoms with Gasteiger partial charge in [-0.3, -0.25) is 9.59 Å². The van der Waals surface area contributed by atoms with Crippen LogP contribution in [0.3, 0.4) is 0 Å². The number of rotatable bonds is 4. The van der Waals surface area contributed by atoms with Crippen molar-refractivity contribution in [1.29, 1.82) is 0 Å². The normalized spacial score (nSPS) is 15.2. The third kappa shape index (κ3) is 5.58. The van der Waals surface area contributed by atoms with E-state index in [1.54, 1.807) is 20.8 Å². The van der Waals surface area contributed by atoms with Gasteiger partial charge in [-0.05, 0) is 39.0 Å². The molecule has 0 radical (unpaired) electrons. The summed E-state index contributed by atoms with van der Waals surface area (Å²) in [5.41, 5.74) is -1.08. The summed E-state index contributed by atoms with van der Waals surface area (Å²) < 4.78 is 19.0. The first-order chi connectivity index (χ1) is 12.6. The Morgan fingerprint density at radius 2 is 1.74 bits per heavy atom. The first-order valence-corrected chi connectivity index (χ1v) is 8.35. The smallest absolute Gasteiger partial charge is 0.410 e. The predicted octanol–water partition coefficient (Wildman–Crippen LogP) is 1.83. The lowest BCUT2D eigenvalue weighted by Crippen LogP contribution is -2.50. The minimum absolute atomic E-state index is 0.0681. The molecule has 1 aliphatic rings. The lowest BCUT2D eigenvalue weighted by molar-refractivity contribution is -0.190. The Morgan fingerprint density at radius 1 is 1.11 bits per heavy atom. The fourth-order valence-electron chi connectivity index (χ4n) is 2.35. The summed E-state index contributed by atoms with van der Waals surface area (Å²) >= 11 is 0. The van der Waals surface area contributed by atoms with E-state index < -0.39 is 34.8 Å². The molecule has 0 aromatic heterocycles. The summed E-state index contributed by atoms with van der Waals surface area (Å²) in [5, 5.41) is 1.22. The number of hydroxylamine groups is 2. The Bertz CT molecular complexity index is 751. The van der Waals surface area contributed by atoms with Gasteiger partial charge in [-0.1, -0.05) is 0 Å². The average molecular weight is 380 g/mol. The van der Waals surface area contributed by atoms with Crippen molar-refractivity contribution in [3.05, 3.63) is 35.1 Å². The van der Waals surface area contributed by atoms with Crippen molar-refractivity contribution >= 4 is 24.1 Å². The molecule has 1 amide bonds. The number of ether oxygens (including phenoxy) is 1. The van der Waals surface area contributed by atoms with Crippen LogP contribution in [0.25, 0.3) is 0 Å². The average Bonchev–Trinajstić information content (AvgIpc) is 2.60. The zero-order chi connectivity index (χ0) is 20.2. The molecule has 1 aromatic rings. The van der Waals surface area contributed by atoms with E-state index >= 15 is 0 Å². The molecule has 0 spiro atoms. The minimum Gasteiger partial charge on any atom is -0.444 e. The molecule has 0 N–H and O–H groups in total. The maximum Gasteiger partial charge on any atom is 0.410 e. The number of Topliss-reactive ketones (excluding diaryl/α,β-unsaturated/α-hetero) is 1. The van der Waals surface area contributed by atoms with Crippen LogP contribution in [-0.2, 0) is 14.4 Å². The molecule has 146 valence electrons. The number of carbonyl (C=O) groups excluding carboxylic acids is 4. The molecule has 1 fully saturated rings. The molecular weight excluding hydrogens is 359 g/mol. The molecule has 1 saturated heterocycles. The van der Waals surface area contributed by atoms with Gasteiger partial charge in [0, 0.05) is 18.7 Å². The van der Waals surface area contributed by atoms with E-state index in [0.717, 1.165) is 12.1 Å². The standard InChI is InChI=1S/C18H21FN2O6/c1-18(2,3)26-17(25)20-6-8-21(9-7-20)27-16(24)15(23)13-10-12(11-22)4-5-14(13)19/h4-5,10-11H,6-9H2,1-3H3. The van der Waals surface area contributed by atoms with Crippen molar-refractivity contribution in [3.63, 3.8) is 0 Å². The Morgan fingerprint density at radius 3 is 2.30 bits per heavy atom. The number of ketones is 1. The Hall–Kier alpha value is -2.81. The van der Waals surface area contributed by atoms with Gasteiger partial charge in [-0.2, -0.15) is 0 Å². The van der Waals surface area contributed by atoms with E-state index in [1.165, 1.54) is 16.0 Å². The third-order valence-electron chi connectivity index (χ3n) is 3.66. The van der Waals surface area contributed by atoms with Crippen molar-refractivity contribution in [2.45, 2.75) is 26.4 Å². The number of halogens is 1. The Labute approximate surface area is 155 Å². The number of carbonyl (C=O) groups is 4. The second kappa shape index (κ2) is 8.26. The van der Waals surface area contributed by atoms with Gasteiger partial charge in [0.05, 0.1) is 18.7 Å². The van der Waals surface area contributed by atoms with Gasteiger partial charge in [0.25, 0.3) is 5.78 Å². The maximum absolute atomic E-state index is 13.8. The second-order valence-electron chi connectivity index (χ2n) is 6.96. The SMILES string of the molecule is CC(C)(C)OC(=O)N1CCN(OC(=O)C(=O)c2cc(C=O)ccc2F)CC1. The number of nitrogens with zero attached hydrogens (tertiary/aromatic N) is 2. The zero-order valence-corrected chi connectivity index (χ0v) is 15.4. The lowest BCUT2D eigenvalue weighted by Gasteiger charge is -2.34. The van der Waals surface area contributed by atoms with Crippen LogP contribution in [0, 0.1) is 5.82 Å². The van der Waals surface area contributed by atoms with Crippen LogP contribution in [0.15, 0.2) is 18.2 Å². The van der Waals surface area contributed by atoms with Crippen molar-refractivity contribution < 1.29 is 33.1 Å². The highest BCUT2D eigenvalue weighted by Gasteiger charge is 2.29. The van der Waals surface area contributed by atoms with Crippen LogP contribution >= 0.6 is 0 Å². The van der Waals surface area contributed by atoms with Crippen LogP contribution in [0.2, 0.25) is 0 Å². The number of hydrogen-bond donors (Lipinski definition) is 0. The molecule has 0 aliphatic carbocycles. The molecular formula is C18H21FN2O6. The topological polar surface area (TPSA) is 93.2 Å². The number of aldehydes is 1. The minimum atomic E-state index is -1.26. The number of amides is 1. The Kier molecular flexibility index (Phi) is 6.27. The molecule has 0 atom stereocenters. The molecule has 8 nitrogen and oxygen atoms in total. The zero-order valence-electron chi connectivity index (χ0n) is 15.4. The molecule has 1 heterocycles. The van der Waals surface area contributed by atoms with E-state index in [9.17, 15) is 23.6 Å². The van der Waals surface area contributed by atoms with Gasteiger partial charge >= 0.3 is 12.1 Å². The van der Waals surface area contributed by atoms with Gasteiger partial charge in [0.15, 0.2) is 0 Å². The number of hydrogen-bond acceptors (Lipinski definition) is 7. The lowest BCUT2D eigenvalue weighted by atomic mass is 10.1. The highest BCUT2D eigenvalue weighted by atomic mass is 19.1. The molecule has 0 unspecified atom stereocenters. The largest absolute Gasteiger partial charge is 0.444 e. The van der Waals surface area contributed by atoms with Crippen molar-refractivity contribution in [1.82, 2.24) is 9.96 Å². The monoisotopic (exact) mass is 380 g/mol. The number of piperazine rings is 1. The van der Waals surface area contributed by atoms with Gasteiger partial charge in [0.1, 0.15) is 17.7 Å². The molecule has 1 aliphatic heterocycles. The van der Waals surface area contributed by atoms with Gasteiger partial charge in [0.2, 0.25) is 0 Å². The van der Waals surface area contributed by atoms with Crippen molar-refractivity contribution in [2.75, 3.05) is 26.2 Å². The quantitative estimate of drug-likeness (QED) is 0.447. The van der Waals surface area contributed by atoms with E-state index in [1.807, 2.05) is 0 Å². The summed E-state index contributed by atoms with van der Waals surface area (Å²) in [6.07, 6.45) is -0.0328. The number of benzene rings is 1. The van der Waals surface area contributed by atoms with Crippen LogP contribution in [-0.4, -0.2) is 65.9 Å². The molecule has 9 heteroatoms. The highest BCUT2D eigenvalue weighted by molar-refractivity contribution is 6.40. The van der Waals surface area contributed by atoms with Crippen LogP contribution < -0.4 is 0 Å². The predicted molar refractivity (Wildman–Crippen MR) is 91.6 cm³/mol. The molecule has 27 heavy (non-hydrogen) atoms. The first-order valence-electron chi connectivity index (χ1n) is 8.35. The molecule has 2 rings (SSSR count). The fourth-order valence-corrected chi connectivity index (χ4v) is 2.35. The van der Waals surface area contributed by atoms with E-state index in [0.29, 0.717) is 6.29 Å². The van der Waals surface area contributed by atoms with Gasteiger partial charge < -0.3 is 14.5 Å². The maximum atomic E-state index is 13.8. The summed E-state index contributed by atoms with van der Waals surface area (Å²) in [5.74, 6) is -3.37. The molecule has 0 bridgehead atoms. The summed E-state index contributed by atoms with van der Waals surface area (Å²) in [6.45, 7) is 6.11. The van der Waals surface area contributed by atoms with Crippen molar-refractivity contribution in [3.8, 4) is 0 Å². The van der Waals surface area contributed by atoms with Gasteiger partial charge in [-0.25, -0.2) is 14.0 Å². The first kappa shape index (κ1) is 20.5. The summed E-state index contributed by atoms with van der Waals surface area (Å²) in [7, 11) is 0.